The molecule has 0 bridgehead atoms. The Morgan fingerprint density at radius 1 is 1.50 bits per heavy atom. The van der Waals surface area contributed by atoms with E-state index in [9.17, 15) is 0 Å². The quantitative estimate of drug-likeness (QED) is 0.743. The fourth-order valence-electron chi connectivity index (χ4n) is 1.73. The highest BCUT2D eigenvalue weighted by Crippen LogP contribution is 2.25. The van der Waals surface area contributed by atoms with Crippen LogP contribution in [0.5, 0.6) is 0 Å². The zero-order chi connectivity index (χ0) is 10.1. The maximum Gasteiger partial charge on any atom is 0.0850 e. The summed E-state index contributed by atoms with van der Waals surface area (Å²) in [6, 6.07) is 0.0108. The number of H-pyrrole nitrogens is 1. The number of nitrogens with two attached hydrogens (primary N) is 1. The number of nitrogens with zero attached hydrogens (tertiary/aromatic N) is 1. The fraction of sp³-hybridized carbons (Fsp3) is 0.700. The van der Waals surface area contributed by atoms with Gasteiger partial charge in [0.2, 0.25) is 0 Å². The van der Waals surface area contributed by atoms with Gasteiger partial charge in [-0.3, -0.25) is 5.10 Å². The third-order valence-electron chi connectivity index (χ3n) is 2.76. The molecule has 1 aliphatic heterocycles. The van der Waals surface area contributed by atoms with Crippen LogP contribution < -0.4 is 5.73 Å². The minimum Gasteiger partial charge on any atom is -0.376 e. The fourth-order valence-corrected chi connectivity index (χ4v) is 1.73. The summed E-state index contributed by atoms with van der Waals surface area (Å²) in [4.78, 5) is 0. The van der Waals surface area contributed by atoms with Crippen LogP contribution in [0.3, 0.4) is 0 Å². The van der Waals surface area contributed by atoms with E-state index in [0.29, 0.717) is 12.5 Å². The van der Waals surface area contributed by atoms with Gasteiger partial charge in [0.15, 0.2) is 0 Å². The van der Waals surface area contributed by atoms with Crippen LogP contribution >= 0.6 is 0 Å². The van der Waals surface area contributed by atoms with E-state index in [1.165, 1.54) is 11.3 Å². The molecule has 2 heterocycles. The summed E-state index contributed by atoms with van der Waals surface area (Å²) >= 11 is 0. The number of fused-ring (bicyclic) bond motifs is 1. The number of hydrogen-bond acceptors (Lipinski definition) is 3. The van der Waals surface area contributed by atoms with Crippen molar-refractivity contribution in [2.45, 2.75) is 32.9 Å². The van der Waals surface area contributed by atoms with E-state index in [-0.39, 0.29) is 6.04 Å². The lowest BCUT2D eigenvalue weighted by molar-refractivity contribution is 0.109. The van der Waals surface area contributed by atoms with E-state index in [1.807, 2.05) is 0 Å². The average Bonchev–Trinajstić information content (AvgIpc) is 2.60. The Balaban J connectivity index is 2.30. The molecule has 0 saturated heterocycles. The molecule has 0 aliphatic carbocycles. The monoisotopic (exact) mass is 195 g/mol. The van der Waals surface area contributed by atoms with Gasteiger partial charge in [-0.05, 0) is 5.92 Å². The largest absolute Gasteiger partial charge is 0.376 e. The lowest BCUT2D eigenvalue weighted by Crippen LogP contribution is -2.20. The molecule has 1 aliphatic rings. The van der Waals surface area contributed by atoms with Crippen molar-refractivity contribution < 1.29 is 4.74 Å². The van der Waals surface area contributed by atoms with Crippen LogP contribution in [0.4, 0.5) is 0 Å². The van der Waals surface area contributed by atoms with Gasteiger partial charge in [-0.1, -0.05) is 13.8 Å². The van der Waals surface area contributed by atoms with Crippen molar-refractivity contribution in [1.29, 1.82) is 0 Å². The first-order chi connectivity index (χ1) is 6.70. The highest BCUT2D eigenvalue weighted by Gasteiger charge is 2.22. The maximum atomic E-state index is 6.07. The second-order valence-electron chi connectivity index (χ2n) is 4.14. The number of aromatic amines is 1. The summed E-state index contributed by atoms with van der Waals surface area (Å²) in [5.41, 5.74) is 9.42. The Kier molecular flexibility index (Phi) is 2.56. The summed E-state index contributed by atoms with van der Waals surface area (Å²) in [7, 11) is 0. The molecule has 1 unspecified atom stereocenters. The molecule has 1 atom stereocenters. The van der Waals surface area contributed by atoms with Crippen molar-refractivity contribution in [2.75, 3.05) is 6.61 Å². The minimum absolute atomic E-state index is 0.0108. The molecular weight excluding hydrogens is 178 g/mol. The minimum atomic E-state index is 0.0108. The van der Waals surface area contributed by atoms with Gasteiger partial charge in [0, 0.05) is 17.7 Å². The van der Waals surface area contributed by atoms with Crippen LogP contribution in [-0.2, 0) is 17.8 Å². The lowest BCUT2D eigenvalue weighted by Gasteiger charge is -2.17. The predicted octanol–water partition coefficient (Wildman–Crippen LogP) is 1.14. The van der Waals surface area contributed by atoms with Crippen LogP contribution in [0.2, 0.25) is 0 Å². The van der Waals surface area contributed by atoms with Gasteiger partial charge in [-0.15, -0.1) is 0 Å². The van der Waals surface area contributed by atoms with Gasteiger partial charge in [0.1, 0.15) is 0 Å². The second-order valence-corrected chi connectivity index (χ2v) is 4.14. The Bertz CT molecular complexity index is 319. The molecule has 14 heavy (non-hydrogen) atoms. The van der Waals surface area contributed by atoms with Crippen molar-refractivity contribution >= 4 is 0 Å². The highest BCUT2D eigenvalue weighted by atomic mass is 16.5. The normalized spacial score (nSPS) is 18.3. The standard InChI is InChI=1S/C10H17N3O/c1-6(2)9(11)10-7-5-14-4-3-8(7)12-13-10/h6,9H,3-5,11H2,1-2H3,(H,12,13). The van der Waals surface area contributed by atoms with Crippen molar-refractivity contribution in [3.63, 3.8) is 0 Å². The Hall–Kier alpha value is -0.870. The van der Waals surface area contributed by atoms with E-state index in [2.05, 4.69) is 24.0 Å². The number of rotatable bonds is 2. The average molecular weight is 195 g/mol. The Labute approximate surface area is 83.8 Å². The third-order valence-corrected chi connectivity index (χ3v) is 2.76. The first-order valence-electron chi connectivity index (χ1n) is 5.09. The Morgan fingerprint density at radius 3 is 3.00 bits per heavy atom. The number of ether oxygens (including phenoxy) is 1. The number of hydrogen-bond donors (Lipinski definition) is 2. The summed E-state index contributed by atoms with van der Waals surface area (Å²) in [6.45, 7) is 5.65. The maximum absolute atomic E-state index is 6.07. The number of nitrogens with one attached hydrogen (secondary N) is 1. The first kappa shape index (κ1) is 9.68. The molecule has 2 rings (SSSR count). The molecule has 0 aromatic carbocycles. The summed E-state index contributed by atoms with van der Waals surface area (Å²) < 4.78 is 5.41. The zero-order valence-electron chi connectivity index (χ0n) is 8.71. The van der Waals surface area contributed by atoms with Crippen LogP contribution in [0.15, 0.2) is 0 Å². The summed E-state index contributed by atoms with van der Waals surface area (Å²) in [5, 5.41) is 7.34. The topological polar surface area (TPSA) is 63.9 Å². The molecule has 1 aromatic heterocycles. The highest BCUT2D eigenvalue weighted by molar-refractivity contribution is 5.28. The molecule has 0 amide bonds. The molecule has 0 saturated carbocycles. The Morgan fingerprint density at radius 2 is 2.29 bits per heavy atom. The summed E-state index contributed by atoms with van der Waals surface area (Å²) in [6.07, 6.45) is 0.924. The van der Waals surface area contributed by atoms with E-state index in [4.69, 9.17) is 10.5 Å². The molecule has 0 spiro atoms. The second kappa shape index (κ2) is 3.71. The molecular formula is C10H17N3O. The first-order valence-corrected chi connectivity index (χ1v) is 5.09. The zero-order valence-corrected chi connectivity index (χ0v) is 8.71. The lowest BCUT2D eigenvalue weighted by atomic mass is 9.97. The molecule has 4 heteroatoms. The van der Waals surface area contributed by atoms with Gasteiger partial charge in [0.05, 0.1) is 24.9 Å². The predicted molar refractivity (Wildman–Crippen MR) is 53.7 cm³/mol. The van der Waals surface area contributed by atoms with E-state index in [1.54, 1.807) is 0 Å². The van der Waals surface area contributed by atoms with Crippen molar-refractivity contribution in [2.24, 2.45) is 11.7 Å². The van der Waals surface area contributed by atoms with Crippen molar-refractivity contribution in [3.8, 4) is 0 Å². The van der Waals surface area contributed by atoms with Gasteiger partial charge >= 0.3 is 0 Å². The third kappa shape index (κ3) is 1.55. The van der Waals surface area contributed by atoms with Crippen LogP contribution in [-0.4, -0.2) is 16.8 Å². The van der Waals surface area contributed by atoms with Gasteiger partial charge in [0.25, 0.3) is 0 Å². The van der Waals surface area contributed by atoms with Crippen LogP contribution in [0.25, 0.3) is 0 Å². The van der Waals surface area contributed by atoms with Gasteiger partial charge < -0.3 is 10.5 Å². The SMILES string of the molecule is CC(C)C(N)c1n[nH]c2c1COCC2. The van der Waals surface area contributed by atoms with E-state index < -0.39 is 0 Å². The van der Waals surface area contributed by atoms with Crippen LogP contribution in [0, 0.1) is 5.92 Å². The van der Waals surface area contributed by atoms with Gasteiger partial charge in [-0.2, -0.15) is 5.10 Å². The molecule has 0 fully saturated rings. The molecule has 4 nitrogen and oxygen atoms in total. The van der Waals surface area contributed by atoms with E-state index in [0.717, 1.165) is 18.7 Å². The molecule has 78 valence electrons. The van der Waals surface area contributed by atoms with E-state index >= 15 is 0 Å². The molecule has 3 N–H and O–H groups in total. The molecule has 1 aromatic rings. The summed E-state index contributed by atoms with van der Waals surface area (Å²) in [5.74, 6) is 0.407. The van der Waals surface area contributed by atoms with Crippen molar-refractivity contribution in [1.82, 2.24) is 10.2 Å². The van der Waals surface area contributed by atoms with Crippen molar-refractivity contribution in [3.05, 3.63) is 17.0 Å². The number of aromatic nitrogens is 2. The van der Waals surface area contributed by atoms with Crippen LogP contribution in [0.1, 0.15) is 36.8 Å². The molecule has 0 radical (unpaired) electrons. The van der Waals surface area contributed by atoms with Gasteiger partial charge in [-0.25, -0.2) is 0 Å². The smallest absolute Gasteiger partial charge is 0.0850 e.